The molecule has 0 atom stereocenters. The van der Waals surface area contributed by atoms with Crippen LogP contribution in [0.2, 0.25) is 0 Å². The molecular weight excluding hydrogens is 176 g/mol. The fourth-order valence-corrected chi connectivity index (χ4v) is 1.04. The highest BCUT2D eigenvalue weighted by Crippen LogP contribution is 2.14. The predicted octanol–water partition coefficient (Wildman–Crippen LogP) is 2.54. The van der Waals surface area contributed by atoms with Gasteiger partial charge in [-0.25, -0.2) is 0 Å². The number of rotatable bonds is 5. The van der Waals surface area contributed by atoms with Crippen LogP contribution >= 0.6 is 0 Å². The Morgan fingerprint density at radius 3 is 2.50 bits per heavy atom. The lowest BCUT2D eigenvalue weighted by molar-refractivity contribution is 0.415. The maximum atomic E-state index is 7.48. The minimum atomic E-state index is 0.614. The van der Waals surface area contributed by atoms with Gasteiger partial charge in [0.2, 0.25) is 0 Å². The highest BCUT2D eigenvalue weighted by molar-refractivity contribution is 5.85. The molecule has 14 heavy (non-hydrogen) atoms. The third-order valence-corrected chi connectivity index (χ3v) is 2.02. The van der Waals surface area contributed by atoms with Gasteiger partial charge in [-0.3, -0.25) is 0 Å². The van der Waals surface area contributed by atoms with Crippen LogP contribution in [0.5, 0.6) is 5.75 Å². The zero-order chi connectivity index (χ0) is 10.4. The first-order valence-electron chi connectivity index (χ1n) is 4.70. The van der Waals surface area contributed by atoms with Gasteiger partial charge in [-0.05, 0) is 30.7 Å². The van der Waals surface area contributed by atoms with Crippen molar-refractivity contribution in [3.63, 3.8) is 0 Å². The van der Waals surface area contributed by atoms with Gasteiger partial charge < -0.3 is 15.5 Å². The summed E-state index contributed by atoms with van der Waals surface area (Å²) in [6, 6.07) is 7.69. The van der Waals surface area contributed by atoms with E-state index in [1.165, 1.54) is 0 Å². The molecule has 0 bridgehead atoms. The first kappa shape index (κ1) is 10.6. The SMILES string of the molecule is CCC(=N)CNc1ccc(OC)cc1. The molecule has 0 aromatic heterocycles. The van der Waals surface area contributed by atoms with Crippen LogP contribution in [0.3, 0.4) is 0 Å². The van der Waals surface area contributed by atoms with E-state index in [9.17, 15) is 0 Å². The first-order valence-corrected chi connectivity index (χ1v) is 4.70. The largest absolute Gasteiger partial charge is 0.497 e. The molecule has 3 nitrogen and oxygen atoms in total. The summed E-state index contributed by atoms with van der Waals surface area (Å²) in [5.41, 5.74) is 1.73. The molecule has 0 amide bonds. The van der Waals surface area contributed by atoms with Gasteiger partial charge in [0.25, 0.3) is 0 Å². The number of anilines is 1. The predicted molar refractivity (Wildman–Crippen MR) is 59.5 cm³/mol. The summed E-state index contributed by atoms with van der Waals surface area (Å²) in [6.45, 7) is 2.60. The highest BCUT2D eigenvalue weighted by Gasteiger charge is 1.95. The normalized spacial score (nSPS) is 9.57. The topological polar surface area (TPSA) is 45.1 Å². The molecule has 0 aliphatic carbocycles. The molecule has 1 rings (SSSR count). The Hall–Kier alpha value is -1.51. The van der Waals surface area contributed by atoms with Gasteiger partial charge in [0.15, 0.2) is 0 Å². The number of hydrogen-bond donors (Lipinski definition) is 2. The Balaban J connectivity index is 2.47. The summed E-state index contributed by atoms with van der Waals surface area (Å²) in [4.78, 5) is 0. The van der Waals surface area contributed by atoms with Crippen LogP contribution in [0.25, 0.3) is 0 Å². The third kappa shape index (κ3) is 3.09. The number of ether oxygens (including phenoxy) is 1. The molecule has 2 N–H and O–H groups in total. The van der Waals surface area contributed by atoms with Crippen LogP contribution in [0, 0.1) is 5.41 Å². The van der Waals surface area contributed by atoms with E-state index >= 15 is 0 Å². The molecule has 0 heterocycles. The average molecular weight is 192 g/mol. The third-order valence-electron chi connectivity index (χ3n) is 2.02. The average Bonchev–Trinajstić information content (AvgIpc) is 2.26. The van der Waals surface area contributed by atoms with Crippen molar-refractivity contribution in [1.29, 1.82) is 5.41 Å². The molecule has 0 unspecified atom stereocenters. The number of nitrogens with one attached hydrogen (secondary N) is 2. The van der Waals surface area contributed by atoms with Gasteiger partial charge in [0, 0.05) is 11.4 Å². The summed E-state index contributed by atoms with van der Waals surface area (Å²) >= 11 is 0. The zero-order valence-corrected chi connectivity index (χ0v) is 8.63. The number of hydrogen-bond acceptors (Lipinski definition) is 3. The molecule has 1 aromatic rings. The van der Waals surface area contributed by atoms with Gasteiger partial charge in [-0.1, -0.05) is 6.92 Å². The Kier molecular flexibility index (Phi) is 3.98. The molecule has 0 saturated carbocycles. The van der Waals surface area contributed by atoms with Crippen molar-refractivity contribution in [3.05, 3.63) is 24.3 Å². The van der Waals surface area contributed by atoms with E-state index in [4.69, 9.17) is 10.1 Å². The van der Waals surface area contributed by atoms with Crippen molar-refractivity contribution >= 4 is 11.4 Å². The van der Waals surface area contributed by atoms with Crippen molar-refractivity contribution in [2.24, 2.45) is 0 Å². The van der Waals surface area contributed by atoms with Gasteiger partial charge in [-0.2, -0.15) is 0 Å². The molecule has 0 fully saturated rings. The van der Waals surface area contributed by atoms with E-state index < -0.39 is 0 Å². The second kappa shape index (κ2) is 5.27. The Labute approximate surface area is 84.6 Å². The second-order valence-electron chi connectivity index (χ2n) is 3.04. The standard InChI is InChI=1S/C11H16N2O/c1-3-9(12)8-13-10-4-6-11(14-2)7-5-10/h4-7,12-13H,3,8H2,1-2H3. The second-order valence-corrected chi connectivity index (χ2v) is 3.04. The molecule has 0 aliphatic heterocycles. The minimum absolute atomic E-state index is 0.614. The van der Waals surface area contributed by atoms with Crippen LogP contribution < -0.4 is 10.1 Å². The van der Waals surface area contributed by atoms with Crippen LogP contribution in [0.15, 0.2) is 24.3 Å². The highest BCUT2D eigenvalue weighted by atomic mass is 16.5. The van der Waals surface area contributed by atoms with Gasteiger partial charge in [0.05, 0.1) is 13.7 Å². The Morgan fingerprint density at radius 2 is 2.00 bits per heavy atom. The van der Waals surface area contributed by atoms with Gasteiger partial charge in [-0.15, -0.1) is 0 Å². The van der Waals surface area contributed by atoms with Crippen LogP contribution in [0.1, 0.15) is 13.3 Å². The molecule has 3 heteroatoms. The summed E-state index contributed by atoms with van der Waals surface area (Å²) in [5.74, 6) is 0.848. The molecule has 0 spiro atoms. The fraction of sp³-hybridized carbons (Fsp3) is 0.364. The monoisotopic (exact) mass is 192 g/mol. The quantitative estimate of drug-likeness (QED) is 0.704. The first-order chi connectivity index (χ1) is 6.76. The number of benzene rings is 1. The molecule has 76 valence electrons. The fourth-order valence-electron chi connectivity index (χ4n) is 1.04. The van der Waals surface area contributed by atoms with Crippen molar-refractivity contribution in [2.75, 3.05) is 19.0 Å². The molecule has 0 aliphatic rings. The molecule has 0 radical (unpaired) electrons. The Bertz CT molecular complexity index is 293. The Morgan fingerprint density at radius 1 is 1.36 bits per heavy atom. The van der Waals surface area contributed by atoms with E-state index in [1.54, 1.807) is 7.11 Å². The summed E-state index contributed by atoms with van der Waals surface area (Å²) in [5, 5.41) is 10.6. The van der Waals surface area contributed by atoms with Crippen molar-refractivity contribution in [3.8, 4) is 5.75 Å². The van der Waals surface area contributed by atoms with Crippen LogP contribution in [-0.4, -0.2) is 19.4 Å². The maximum Gasteiger partial charge on any atom is 0.119 e. The lowest BCUT2D eigenvalue weighted by Gasteiger charge is -2.06. The smallest absolute Gasteiger partial charge is 0.119 e. The van der Waals surface area contributed by atoms with E-state index in [0.717, 1.165) is 17.9 Å². The lowest BCUT2D eigenvalue weighted by Crippen LogP contribution is -2.11. The van der Waals surface area contributed by atoms with E-state index in [0.29, 0.717) is 12.3 Å². The van der Waals surface area contributed by atoms with Crippen molar-refractivity contribution in [2.45, 2.75) is 13.3 Å². The van der Waals surface area contributed by atoms with Crippen LogP contribution in [-0.2, 0) is 0 Å². The van der Waals surface area contributed by atoms with E-state index in [1.807, 2.05) is 31.2 Å². The summed E-state index contributed by atoms with van der Waals surface area (Å²) in [6.07, 6.45) is 0.795. The molecule has 0 saturated heterocycles. The van der Waals surface area contributed by atoms with Gasteiger partial charge >= 0.3 is 0 Å². The molecular formula is C11H16N2O. The summed E-state index contributed by atoms with van der Waals surface area (Å²) < 4.78 is 5.05. The van der Waals surface area contributed by atoms with E-state index in [-0.39, 0.29) is 0 Å². The number of methoxy groups -OCH3 is 1. The van der Waals surface area contributed by atoms with Crippen molar-refractivity contribution in [1.82, 2.24) is 0 Å². The van der Waals surface area contributed by atoms with E-state index in [2.05, 4.69) is 5.32 Å². The minimum Gasteiger partial charge on any atom is -0.497 e. The van der Waals surface area contributed by atoms with Gasteiger partial charge in [0.1, 0.15) is 5.75 Å². The lowest BCUT2D eigenvalue weighted by atomic mass is 10.2. The summed E-state index contributed by atoms with van der Waals surface area (Å²) in [7, 11) is 1.65. The maximum absolute atomic E-state index is 7.48. The van der Waals surface area contributed by atoms with Crippen molar-refractivity contribution < 1.29 is 4.74 Å². The van der Waals surface area contributed by atoms with Crippen LogP contribution in [0.4, 0.5) is 5.69 Å². The zero-order valence-electron chi connectivity index (χ0n) is 8.63. The molecule has 1 aromatic carbocycles.